The van der Waals surface area contributed by atoms with Crippen LogP contribution in [0.4, 0.5) is 5.13 Å². The van der Waals surface area contributed by atoms with Crippen LogP contribution in [0.2, 0.25) is 10.0 Å². The third kappa shape index (κ3) is 4.69. The van der Waals surface area contributed by atoms with Crippen molar-refractivity contribution in [3.05, 3.63) is 52.5 Å². The van der Waals surface area contributed by atoms with E-state index in [1.807, 2.05) is 12.1 Å². The number of thiazole rings is 1. The number of sulfonamides is 1. The lowest BCUT2D eigenvalue weighted by Crippen LogP contribution is -2.49. The lowest BCUT2D eigenvalue weighted by atomic mass is 10.2. The molecular weight excluding hydrogens is 517 g/mol. The van der Waals surface area contributed by atoms with Crippen LogP contribution in [0.1, 0.15) is 25.7 Å². The number of hydrogen-bond donors (Lipinski definition) is 0. The normalized spacial score (nSPS) is 21.4. The van der Waals surface area contributed by atoms with Gasteiger partial charge in [-0.15, -0.1) is 0 Å². The molecule has 7 nitrogen and oxygen atoms in total. The first-order valence-electron chi connectivity index (χ1n) is 11.1. The zero-order valence-corrected chi connectivity index (χ0v) is 21.3. The maximum Gasteiger partial charge on any atom is 0.247 e. The highest BCUT2D eigenvalue weighted by Crippen LogP contribution is 2.34. The minimum absolute atomic E-state index is 0.109. The topological polar surface area (TPSA) is 79.8 Å². The van der Waals surface area contributed by atoms with Gasteiger partial charge in [0.1, 0.15) is 6.04 Å². The minimum Gasteiger partial charge on any atom is -0.376 e. The van der Waals surface area contributed by atoms with Crippen molar-refractivity contribution in [1.29, 1.82) is 0 Å². The van der Waals surface area contributed by atoms with Gasteiger partial charge in [0, 0.05) is 23.2 Å². The molecule has 2 aromatic carbocycles. The molecule has 2 aliphatic rings. The van der Waals surface area contributed by atoms with Gasteiger partial charge in [-0.3, -0.25) is 9.69 Å². The predicted molar refractivity (Wildman–Crippen MR) is 134 cm³/mol. The van der Waals surface area contributed by atoms with Crippen LogP contribution < -0.4 is 4.90 Å². The highest BCUT2D eigenvalue weighted by Gasteiger charge is 2.42. The highest BCUT2D eigenvalue weighted by atomic mass is 35.5. The largest absolute Gasteiger partial charge is 0.376 e. The Balaban J connectivity index is 1.48. The maximum absolute atomic E-state index is 13.9. The van der Waals surface area contributed by atoms with Crippen molar-refractivity contribution in [3.63, 3.8) is 0 Å². The molecule has 0 saturated carbocycles. The van der Waals surface area contributed by atoms with E-state index in [2.05, 4.69) is 4.98 Å². The van der Waals surface area contributed by atoms with Crippen molar-refractivity contribution >= 4 is 65.8 Å². The number of carbonyl (C=O) groups is 1. The Morgan fingerprint density at radius 3 is 2.62 bits per heavy atom. The van der Waals surface area contributed by atoms with Crippen LogP contribution >= 0.6 is 34.5 Å². The van der Waals surface area contributed by atoms with Crippen LogP contribution in [0.5, 0.6) is 0 Å². The first kappa shape index (κ1) is 24.0. The standard InChI is InChI=1S/C23H23Cl2N3O4S2/c24-15-5-8-18(9-6-15)34(30,31)28-11-1-4-20(28)22(29)27(14-17-3-2-12-32-17)23-26-19-10-7-16(25)13-21(19)33-23/h5-10,13,17,20H,1-4,11-12,14H2. The fourth-order valence-electron chi connectivity index (χ4n) is 4.45. The summed E-state index contributed by atoms with van der Waals surface area (Å²) < 4.78 is 34.8. The second-order valence-corrected chi connectivity index (χ2v) is 12.2. The molecule has 0 aliphatic carbocycles. The van der Waals surface area contributed by atoms with E-state index in [-0.39, 0.29) is 23.5 Å². The maximum atomic E-state index is 13.9. The molecule has 180 valence electrons. The van der Waals surface area contributed by atoms with E-state index in [9.17, 15) is 13.2 Å². The molecule has 1 amide bonds. The molecule has 2 atom stereocenters. The van der Waals surface area contributed by atoms with Crippen LogP contribution in [0.3, 0.4) is 0 Å². The summed E-state index contributed by atoms with van der Waals surface area (Å²) in [5.41, 5.74) is 0.742. The molecule has 0 N–H and O–H groups in total. The number of halogens is 2. The number of nitrogens with zero attached hydrogens (tertiary/aromatic N) is 3. The van der Waals surface area contributed by atoms with Crippen LogP contribution in [0, 0.1) is 0 Å². The SMILES string of the molecule is O=C(C1CCCN1S(=O)(=O)c1ccc(Cl)cc1)N(CC1CCCO1)c1nc2ccc(Cl)cc2s1. The Morgan fingerprint density at radius 2 is 1.88 bits per heavy atom. The average molecular weight is 540 g/mol. The number of anilines is 1. The van der Waals surface area contributed by atoms with Crippen LogP contribution in [0.25, 0.3) is 10.2 Å². The third-order valence-corrected chi connectivity index (χ3v) is 9.61. The molecule has 3 heterocycles. The van der Waals surface area contributed by atoms with E-state index in [4.69, 9.17) is 27.9 Å². The molecule has 2 fully saturated rings. The number of rotatable bonds is 6. The minimum atomic E-state index is -3.86. The number of carbonyl (C=O) groups excluding carboxylic acids is 1. The van der Waals surface area contributed by atoms with Crippen molar-refractivity contribution < 1.29 is 17.9 Å². The molecule has 2 saturated heterocycles. The van der Waals surface area contributed by atoms with Gasteiger partial charge in [0.15, 0.2) is 5.13 Å². The van der Waals surface area contributed by atoms with Crippen LogP contribution in [-0.4, -0.2) is 55.5 Å². The Morgan fingerprint density at radius 1 is 1.12 bits per heavy atom. The van der Waals surface area contributed by atoms with Crippen LogP contribution in [-0.2, 0) is 19.6 Å². The monoisotopic (exact) mass is 539 g/mol. The summed E-state index contributed by atoms with van der Waals surface area (Å²) in [5.74, 6) is -0.282. The van der Waals surface area contributed by atoms with Crippen molar-refractivity contribution in [1.82, 2.24) is 9.29 Å². The molecule has 11 heteroatoms. The number of ether oxygens (including phenoxy) is 1. The molecule has 2 aliphatic heterocycles. The van der Waals surface area contributed by atoms with Crippen molar-refractivity contribution in [2.75, 3.05) is 24.6 Å². The number of aromatic nitrogens is 1. The molecule has 5 rings (SSSR count). The summed E-state index contributed by atoms with van der Waals surface area (Å²) in [5, 5.41) is 1.57. The lowest BCUT2D eigenvalue weighted by molar-refractivity contribution is -0.122. The smallest absolute Gasteiger partial charge is 0.247 e. The fraction of sp³-hybridized carbons (Fsp3) is 0.391. The van der Waals surface area contributed by atoms with E-state index < -0.39 is 16.1 Å². The van der Waals surface area contributed by atoms with Gasteiger partial charge >= 0.3 is 0 Å². The fourth-order valence-corrected chi connectivity index (χ4v) is 7.49. The Hall–Kier alpha value is -1.75. The van der Waals surface area contributed by atoms with Gasteiger partial charge in [-0.05, 0) is 68.1 Å². The lowest BCUT2D eigenvalue weighted by Gasteiger charge is -2.29. The molecule has 0 radical (unpaired) electrons. The van der Waals surface area contributed by atoms with Gasteiger partial charge in [-0.2, -0.15) is 4.31 Å². The molecule has 1 aromatic heterocycles. The Labute approximate surface area is 212 Å². The summed E-state index contributed by atoms with van der Waals surface area (Å²) in [6.45, 7) is 1.27. The Kier molecular flexibility index (Phi) is 6.85. The first-order valence-corrected chi connectivity index (χ1v) is 14.1. The van der Waals surface area contributed by atoms with E-state index in [1.165, 1.54) is 39.9 Å². The van der Waals surface area contributed by atoms with Gasteiger partial charge in [-0.1, -0.05) is 34.5 Å². The van der Waals surface area contributed by atoms with Crippen molar-refractivity contribution in [2.45, 2.75) is 42.7 Å². The quantitative estimate of drug-likeness (QED) is 0.441. The highest BCUT2D eigenvalue weighted by molar-refractivity contribution is 7.89. The average Bonchev–Trinajstić information content (AvgIpc) is 3.57. The molecule has 3 aromatic rings. The second-order valence-electron chi connectivity index (χ2n) is 8.42. The summed E-state index contributed by atoms with van der Waals surface area (Å²) >= 11 is 13.5. The number of fused-ring (bicyclic) bond motifs is 1. The van der Waals surface area contributed by atoms with Gasteiger partial charge in [0.25, 0.3) is 0 Å². The van der Waals surface area contributed by atoms with E-state index in [0.717, 1.165) is 23.1 Å². The molecule has 0 spiro atoms. The zero-order chi connectivity index (χ0) is 23.9. The predicted octanol–water partition coefficient (Wildman–Crippen LogP) is 4.97. The van der Waals surface area contributed by atoms with Gasteiger partial charge in [0.05, 0.1) is 27.8 Å². The van der Waals surface area contributed by atoms with Gasteiger partial charge in [-0.25, -0.2) is 13.4 Å². The van der Waals surface area contributed by atoms with Gasteiger partial charge < -0.3 is 4.74 Å². The van der Waals surface area contributed by atoms with Gasteiger partial charge in [0.2, 0.25) is 15.9 Å². The number of amides is 1. The summed E-state index contributed by atoms with van der Waals surface area (Å²) in [7, 11) is -3.86. The molecular formula is C23H23Cl2N3O4S2. The van der Waals surface area contributed by atoms with E-state index in [1.54, 1.807) is 11.0 Å². The third-order valence-electron chi connectivity index (χ3n) is 6.16. The summed E-state index contributed by atoms with van der Waals surface area (Å²) in [4.78, 5) is 20.3. The summed E-state index contributed by atoms with van der Waals surface area (Å²) in [6, 6.07) is 10.6. The Bertz CT molecular complexity index is 1310. The summed E-state index contributed by atoms with van der Waals surface area (Å²) in [6.07, 6.45) is 2.72. The molecule has 2 unspecified atom stereocenters. The first-order chi connectivity index (χ1) is 16.3. The van der Waals surface area contributed by atoms with Crippen molar-refractivity contribution in [3.8, 4) is 0 Å². The zero-order valence-electron chi connectivity index (χ0n) is 18.2. The number of hydrogen-bond acceptors (Lipinski definition) is 6. The molecule has 0 bridgehead atoms. The number of benzene rings is 2. The van der Waals surface area contributed by atoms with Crippen molar-refractivity contribution in [2.24, 2.45) is 0 Å². The second kappa shape index (κ2) is 9.72. The van der Waals surface area contributed by atoms with Crippen LogP contribution in [0.15, 0.2) is 47.4 Å². The van der Waals surface area contributed by atoms with E-state index in [0.29, 0.717) is 41.2 Å². The van der Waals surface area contributed by atoms with E-state index >= 15 is 0 Å². The molecule has 34 heavy (non-hydrogen) atoms.